The van der Waals surface area contributed by atoms with E-state index in [1.165, 1.54) is 11.1 Å². The number of allylic oxidation sites excluding steroid dienone is 6. The molecule has 0 aromatic heterocycles. The molecule has 1 rings (SSSR count). The molecule has 1 heterocycles. The van der Waals surface area contributed by atoms with Gasteiger partial charge in [0.25, 0.3) is 0 Å². The zero-order chi connectivity index (χ0) is 36.8. The van der Waals surface area contributed by atoms with E-state index >= 15 is 0 Å². The van der Waals surface area contributed by atoms with Gasteiger partial charge in [0.15, 0.2) is 0 Å². The minimum Gasteiger partial charge on any atom is -0.495 e. The Kier molecular flexibility index (Phi) is 15.5. The second-order valence-electron chi connectivity index (χ2n) is 19.0. The monoisotopic (exact) mass is 655 g/mol. The van der Waals surface area contributed by atoms with Crippen molar-refractivity contribution in [2.45, 2.75) is 178 Å². The molecule has 0 bridgehead atoms. The molecule has 0 radical (unpaired) electrons. The van der Waals surface area contributed by atoms with Crippen LogP contribution in [0.15, 0.2) is 47.8 Å². The first-order valence-electron chi connectivity index (χ1n) is 18.5. The standard InChI is InChI=1S/C43H78N2O2/c1-30(2)22-36(24-32(5)39(9,10)11)29-43(35(8)46,33(6)25-37-27-41(14,15)45(19)42(16,17)28-37)26-34(7)47-38(23-31(3)4)20-21-40(12,13)44-18/h22,24,31-32,37-38,44H,6-7,20-21,23,25-29H2,1-5,8-19H3/b36-24+. The van der Waals surface area contributed by atoms with Crippen molar-refractivity contribution in [3.63, 3.8) is 0 Å². The van der Waals surface area contributed by atoms with Gasteiger partial charge in [0.1, 0.15) is 5.78 Å². The van der Waals surface area contributed by atoms with E-state index < -0.39 is 5.41 Å². The summed E-state index contributed by atoms with van der Waals surface area (Å²) in [4.78, 5) is 16.8. The number of rotatable bonds is 18. The Hall–Kier alpha value is -1.65. The lowest BCUT2D eigenvalue weighted by Gasteiger charge is -2.54. The Morgan fingerprint density at radius 1 is 0.979 bits per heavy atom. The van der Waals surface area contributed by atoms with Crippen molar-refractivity contribution >= 4 is 5.78 Å². The number of nitrogens with one attached hydrogen (secondary N) is 1. The van der Waals surface area contributed by atoms with Crippen LogP contribution >= 0.6 is 0 Å². The third kappa shape index (κ3) is 13.3. The fourth-order valence-electron chi connectivity index (χ4n) is 7.54. The van der Waals surface area contributed by atoms with Gasteiger partial charge in [0.05, 0.1) is 17.3 Å². The number of hydrogen-bond acceptors (Lipinski definition) is 4. The van der Waals surface area contributed by atoms with E-state index in [1.807, 2.05) is 7.05 Å². The number of Topliss-reactive ketones (excluding diaryl/α,β-unsaturated/α-hetero) is 1. The van der Waals surface area contributed by atoms with E-state index in [9.17, 15) is 4.79 Å². The summed E-state index contributed by atoms with van der Waals surface area (Å²) >= 11 is 0. The van der Waals surface area contributed by atoms with Gasteiger partial charge in [-0.2, -0.15) is 0 Å². The topological polar surface area (TPSA) is 41.6 Å². The van der Waals surface area contributed by atoms with Crippen LogP contribution in [-0.2, 0) is 9.53 Å². The first kappa shape index (κ1) is 43.4. The molecule has 4 nitrogen and oxygen atoms in total. The lowest BCUT2D eigenvalue weighted by atomic mass is 9.64. The third-order valence-corrected chi connectivity index (χ3v) is 11.4. The van der Waals surface area contributed by atoms with Crippen molar-refractivity contribution in [2.75, 3.05) is 14.1 Å². The van der Waals surface area contributed by atoms with E-state index in [2.05, 4.69) is 133 Å². The Labute approximate surface area is 293 Å². The van der Waals surface area contributed by atoms with Crippen LogP contribution in [0.25, 0.3) is 0 Å². The fraction of sp³-hybridized carbons (Fsp3) is 0.791. The summed E-state index contributed by atoms with van der Waals surface area (Å²) in [5.74, 6) is 2.15. The Balaban J connectivity index is 3.67. The maximum absolute atomic E-state index is 14.2. The van der Waals surface area contributed by atoms with E-state index in [0.717, 1.165) is 44.1 Å². The van der Waals surface area contributed by atoms with Crippen molar-refractivity contribution < 1.29 is 9.53 Å². The molecule has 1 aliphatic heterocycles. The van der Waals surface area contributed by atoms with E-state index in [4.69, 9.17) is 11.3 Å². The zero-order valence-corrected chi connectivity index (χ0v) is 34.3. The number of carbonyl (C=O) groups excluding carboxylic acids is 1. The average molecular weight is 655 g/mol. The summed E-state index contributed by atoms with van der Waals surface area (Å²) in [6.45, 7) is 42.9. The quantitative estimate of drug-likeness (QED) is 0.0907. The molecule has 0 saturated carbocycles. The maximum atomic E-state index is 14.2. The molecule has 0 amide bonds. The van der Waals surface area contributed by atoms with Gasteiger partial charge in [-0.25, -0.2) is 0 Å². The first-order chi connectivity index (χ1) is 21.2. The summed E-state index contributed by atoms with van der Waals surface area (Å²) in [6.07, 6.45) is 11.7. The minimum absolute atomic E-state index is 0.0285. The summed E-state index contributed by atoms with van der Waals surface area (Å²) in [5, 5.41) is 3.44. The molecule has 1 saturated heterocycles. The highest BCUT2D eigenvalue weighted by molar-refractivity contribution is 5.86. The number of likely N-dealkylation sites (tertiary alicyclic amines) is 1. The molecule has 0 aromatic carbocycles. The van der Waals surface area contributed by atoms with Crippen LogP contribution in [0.1, 0.15) is 155 Å². The molecule has 0 aliphatic carbocycles. The van der Waals surface area contributed by atoms with Crippen LogP contribution < -0.4 is 5.32 Å². The summed E-state index contributed by atoms with van der Waals surface area (Å²) < 4.78 is 6.77. The number of piperidine rings is 1. The molecule has 0 spiro atoms. The lowest BCUT2D eigenvalue weighted by Crippen LogP contribution is -2.58. The second-order valence-corrected chi connectivity index (χ2v) is 19.0. The van der Waals surface area contributed by atoms with Crippen molar-refractivity contribution in [1.82, 2.24) is 10.2 Å². The van der Waals surface area contributed by atoms with Gasteiger partial charge in [0, 0.05) is 23.0 Å². The van der Waals surface area contributed by atoms with Crippen molar-refractivity contribution in [3.8, 4) is 0 Å². The lowest BCUT2D eigenvalue weighted by molar-refractivity contribution is -0.125. The van der Waals surface area contributed by atoms with E-state index in [1.54, 1.807) is 6.92 Å². The predicted molar refractivity (Wildman–Crippen MR) is 207 cm³/mol. The van der Waals surface area contributed by atoms with Gasteiger partial charge in [-0.15, -0.1) is 0 Å². The highest BCUT2D eigenvalue weighted by Gasteiger charge is 2.46. The van der Waals surface area contributed by atoms with Crippen LogP contribution in [0.3, 0.4) is 0 Å². The van der Waals surface area contributed by atoms with Crippen molar-refractivity contribution in [1.29, 1.82) is 0 Å². The molecular weight excluding hydrogens is 576 g/mol. The largest absolute Gasteiger partial charge is 0.495 e. The molecule has 3 atom stereocenters. The molecule has 0 aromatic rings. The SMILES string of the molecule is C=C(CC(C/C(C=C(C)C)=C/C(C)C(C)(C)C)(C(=C)CC1CC(C)(C)N(C)C(C)(C)C1)C(C)=O)OC(CCC(C)(C)NC)CC(C)C. The Morgan fingerprint density at radius 3 is 1.94 bits per heavy atom. The van der Waals surface area contributed by atoms with Gasteiger partial charge in [0.2, 0.25) is 0 Å². The van der Waals surface area contributed by atoms with Gasteiger partial charge in [-0.05, 0) is 145 Å². The first-order valence-corrected chi connectivity index (χ1v) is 18.5. The molecule has 4 heteroatoms. The van der Waals surface area contributed by atoms with Crippen LogP contribution in [-0.4, -0.2) is 47.5 Å². The van der Waals surface area contributed by atoms with Crippen LogP contribution in [0.5, 0.6) is 0 Å². The summed E-state index contributed by atoms with van der Waals surface area (Å²) in [5.41, 5.74) is 2.95. The Bertz CT molecular complexity index is 1110. The third-order valence-electron chi connectivity index (χ3n) is 11.4. The summed E-state index contributed by atoms with van der Waals surface area (Å²) in [6, 6.07) is 0. The maximum Gasteiger partial charge on any atom is 0.140 e. The zero-order valence-electron chi connectivity index (χ0n) is 34.3. The highest BCUT2D eigenvalue weighted by Crippen LogP contribution is 2.49. The van der Waals surface area contributed by atoms with Crippen LogP contribution in [0, 0.1) is 28.6 Å². The number of carbonyl (C=O) groups is 1. The van der Waals surface area contributed by atoms with E-state index in [-0.39, 0.29) is 33.9 Å². The van der Waals surface area contributed by atoms with E-state index in [0.29, 0.717) is 36.4 Å². The van der Waals surface area contributed by atoms with Gasteiger partial charge >= 0.3 is 0 Å². The number of hydrogen-bond donors (Lipinski definition) is 1. The van der Waals surface area contributed by atoms with Crippen LogP contribution in [0.2, 0.25) is 0 Å². The molecule has 1 N–H and O–H groups in total. The van der Waals surface area contributed by atoms with Crippen LogP contribution in [0.4, 0.5) is 0 Å². The molecule has 47 heavy (non-hydrogen) atoms. The van der Waals surface area contributed by atoms with Crippen molar-refractivity contribution in [3.05, 3.63) is 47.8 Å². The molecule has 272 valence electrons. The van der Waals surface area contributed by atoms with Gasteiger partial charge < -0.3 is 10.1 Å². The number of ether oxygens (including phenoxy) is 1. The molecule has 1 aliphatic rings. The molecular formula is C43H78N2O2. The molecule has 1 fully saturated rings. The van der Waals surface area contributed by atoms with Gasteiger partial charge in [-0.3, -0.25) is 9.69 Å². The second kappa shape index (κ2) is 16.8. The highest BCUT2D eigenvalue weighted by atomic mass is 16.5. The smallest absolute Gasteiger partial charge is 0.140 e. The predicted octanol–water partition coefficient (Wildman–Crippen LogP) is 11.5. The fourth-order valence-corrected chi connectivity index (χ4v) is 7.54. The number of nitrogens with zero attached hydrogens (tertiary/aromatic N) is 1. The summed E-state index contributed by atoms with van der Waals surface area (Å²) in [7, 11) is 4.28. The number of ketones is 1. The van der Waals surface area contributed by atoms with Gasteiger partial charge in [-0.1, -0.05) is 83.6 Å². The van der Waals surface area contributed by atoms with Crippen molar-refractivity contribution in [2.24, 2.45) is 28.6 Å². The Morgan fingerprint density at radius 2 is 1.51 bits per heavy atom. The minimum atomic E-state index is -0.795. The average Bonchev–Trinajstić information content (AvgIpc) is 2.88. The normalized spacial score (nSPS) is 20.3. The molecule has 3 unspecified atom stereocenters.